The molecule has 0 aliphatic heterocycles. The number of anilines is 1. The van der Waals surface area contributed by atoms with Gasteiger partial charge in [0.15, 0.2) is 6.61 Å². The molecule has 2 amide bonds. The van der Waals surface area contributed by atoms with E-state index < -0.39 is 34.4 Å². The Morgan fingerprint density at radius 3 is 2.09 bits per heavy atom. The van der Waals surface area contributed by atoms with Crippen molar-refractivity contribution in [1.29, 1.82) is 0 Å². The fourth-order valence-electron chi connectivity index (χ4n) is 4.71. The molecule has 0 fully saturated rings. The minimum Gasteiger partial charge on any atom is -0.484 e. The van der Waals surface area contributed by atoms with Gasteiger partial charge in [-0.05, 0) is 71.8 Å². The monoisotopic (exact) mass is 641 g/mol. The number of nitrogens with one attached hydrogen (secondary N) is 2. The van der Waals surface area contributed by atoms with Crippen molar-refractivity contribution in [3.05, 3.63) is 150 Å². The fraction of sp³-hybridized carbons (Fsp3) is 0.143. The van der Waals surface area contributed by atoms with E-state index in [1.807, 2.05) is 60.7 Å². The van der Waals surface area contributed by atoms with Crippen LogP contribution in [0.5, 0.6) is 5.75 Å². The maximum absolute atomic E-state index is 13.8. The van der Waals surface area contributed by atoms with Crippen molar-refractivity contribution in [1.82, 2.24) is 10.2 Å². The van der Waals surface area contributed by atoms with E-state index in [4.69, 9.17) is 9.15 Å². The average molecular weight is 642 g/mol. The number of hydrogen-bond donors (Lipinski definition) is 2. The number of halogens is 1. The smallest absolute Gasteiger partial charge is 0.261 e. The van der Waals surface area contributed by atoms with Crippen LogP contribution in [0.4, 0.5) is 10.1 Å². The Balaban J connectivity index is 1.32. The number of hydrogen-bond acceptors (Lipinski definition) is 6. The molecule has 0 aliphatic carbocycles. The second kappa shape index (κ2) is 15.0. The Morgan fingerprint density at radius 1 is 0.804 bits per heavy atom. The van der Waals surface area contributed by atoms with Gasteiger partial charge in [-0.2, -0.15) is 0 Å². The molecule has 0 spiro atoms. The van der Waals surface area contributed by atoms with Crippen LogP contribution in [0.25, 0.3) is 0 Å². The molecule has 5 aromatic rings. The standard InChI is InChI=1S/C35H32FN3O6S/c36-28-13-15-29(16-14-28)38-46(42,43)32-19-17-30(18-20-32)45-25-34(40)39(24-27-10-5-2-6-11-27)33(22-26-8-3-1-4-9-26)35(41)37-23-31-12-7-21-44-31/h1-21,33,38H,22-25H2,(H,37,41)/t33-/m0/s1. The van der Waals surface area contributed by atoms with E-state index in [2.05, 4.69) is 10.0 Å². The number of rotatable bonds is 14. The first kappa shape index (κ1) is 32.0. The van der Waals surface area contributed by atoms with Crippen LogP contribution in [0.15, 0.2) is 137 Å². The highest BCUT2D eigenvalue weighted by Gasteiger charge is 2.31. The molecule has 1 atom stereocenters. The maximum Gasteiger partial charge on any atom is 0.261 e. The van der Waals surface area contributed by atoms with Crippen LogP contribution >= 0.6 is 0 Å². The van der Waals surface area contributed by atoms with Gasteiger partial charge in [0.25, 0.3) is 15.9 Å². The van der Waals surface area contributed by atoms with Gasteiger partial charge in [-0.1, -0.05) is 60.7 Å². The van der Waals surface area contributed by atoms with Gasteiger partial charge in [-0.25, -0.2) is 12.8 Å². The van der Waals surface area contributed by atoms with Crippen molar-refractivity contribution in [3.8, 4) is 5.75 Å². The summed E-state index contributed by atoms with van der Waals surface area (Å²) in [6.07, 6.45) is 1.78. The first-order chi connectivity index (χ1) is 22.3. The number of amides is 2. The normalized spacial score (nSPS) is 11.8. The minimum absolute atomic E-state index is 0.0441. The highest BCUT2D eigenvalue weighted by Crippen LogP contribution is 2.21. The Labute approximate surface area is 266 Å². The van der Waals surface area contributed by atoms with Crippen LogP contribution in [0.1, 0.15) is 16.9 Å². The summed E-state index contributed by atoms with van der Waals surface area (Å²) in [6, 6.07) is 31.9. The summed E-state index contributed by atoms with van der Waals surface area (Å²) >= 11 is 0. The van der Waals surface area contributed by atoms with E-state index in [-0.39, 0.29) is 41.7 Å². The Hall–Kier alpha value is -5.42. The Kier molecular flexibility index (Phi) is 10.5. The van der Waals surface area contributed by atoms with Gasteiger partial charge in [0.1, 0.15) is 23.4 Å². The topological polar surface area (TPSA) is 118 Å². The molecule has 0 aliphatic rings. The van der Waals surface area contributed by atoms with E-state index in [0.29, 0.717) is 5.76 Å². The van der Waals surface area contributed by atoms with E-state index in [1.165, 1.54) is 47.6 Å². The maximum atomic E-state index is 13.8. The molecule has 1 heterocycles. The van der Waals surface area contributed by atoms with Gasteiger partial charge >= 0.3 is 0 Å². The SMILES string of the molecule is O=C(NCc1ccco1)[C@H](Cc1ccccc1)N(Cc1ccccc1)C(=O)COc1ccc(S(=O)(=O)Nc2ccc(F)cc2)cc1. The summed E-state index contributed by atoms with van der Waals surface area (Å²) in [5.41, 5.74) is 1.92. The van der Waals surface area contributed by atoms with Crippen molar-refractivity contribution in [2.75, 3.05) is 11.3 Å². The molecule has 9 nitrogen and oxygen atoms in total. The molecule has 4 aromatic carbocycles. The lowest BCUT2D eigenvalue weighted by Gasteiger charge is -2.31. The summed E-state index contributed by atoms with van der Waals surface area (Å²) in [6.45, 7) is -0.0866. The van der Waals surface area contributed by atoms with Crippen LogP contribution in [-0.2, 0) is 39.1 Å². The second-order valence-electron chi connectivity index (χ2n) is 10.4. The molecule has 0 unspecified atom stereocenters. The van der Waals surface area contributed by atoms with Gasteiger partial charge in [0.2, 0.25) is 5.91 Å². The van der Waals surface area contributed by atoms with Crippen LogP contribution in [-0.4, -0.2) is 37.8 Å². The lowest BCUT2D eigenvalue weighted by Crippen LogP contribution is -2.51. The summed E-state index contributed by atoms with van der Waals surface area (Å²) in [7, 11) is -3.95. The summed E-state index contributed by atoms with van der Waals surface area (Å²) < 4.78 is 52.3. The summed E-state index contributed by atoms with van der Waals surface area (Å²) in [5, 5.41) is 2.89. The predicted octanol–water partition coefficient (Wildman–Crippen LogP) is 5.55. The minimum atomic E-state index is -3.95. The predicted molar refractivity (Wildman–Crippen MR) is 171 cm³/mol. The Morgan fingerprint density at radius 2 is 1.46 bits per heavy atom. The zero-order valence-corrected chi connectivity index (χ0v) is 25.5. The highest BCUT2D eigenvalue weighted by atomic mass is 32.2. The van der Waals surface area contributed by atoms with Crippen molar-refractivity contribution in [2.45, 2.75) is 30.4 Å². The van der Waals surface area contributed by atoms with E-state index in [9.17, 15) is 22.4 Å². The van der Waals surface area contributed by atoms with Crippen LogP contribution < -0.4 is 14.8 Å². The lowest BCUT2D eigenvalue weighted by molar-refractivity contribution is -0.142. The number of carbonyl (C=O) groups excluding carboxylic acids is 2. The van der Waals surface area contributed by atoms with Gasteiger partial charge in [0.05, 0.1) is 17.7 Å². The molecule has 0 bridgehead atoms. The molecule has 0 saturated heterocycles. The quantitative estimate of drug-likeness (QED) is 0.164. The van der Waals surface area contributed by atoms with Crippen LogP contribution in [0, 0.1) is 5.82 Å². The molecular formula is C35H32FN3O6S. The molecule has 0 radical (unpaired) electrons. The number of benzene rings is 4. The molecule has 0 saturated carbocycles. The second-order valence-corrected chi connectivity index (χ2v) is 12.1. The number of furan rings is 1. The summed E-state index contributed by atoms with van der Waals surface area (Å²) in [4.78, 5) is 28.9. The average Bonchev–Trinajstić information content (AvgIpc) is 3.60. The molecule has 236 valence electrons. The molecule has 2 N–H and O–H groups in total. The van der Waals surface area contributed by atoms with E-state index in [1.54, 1.807) is 12.1 Å². The number of ether oxygens (including phenoxy) is 1. The van der Waals surface area contributed by atoms with Gasteiger partial charge in [-0.3, -0.25) is 14.3 Å². The first-order valence-electron chi connectivity index (χ1n) is 14.5. The van der Waals surface area contributed by atoms with Crippen LogP contribution in [0.2, 0.25) is 0 Å². The first-order valence-corrected chi connectivity index (χ1v) is 15.9. The Bertz CT molecular complexity index is 1820. The molecule has 1 aromatic heterocycles. The van der Waals surface area contributed by atoms with Gasteiger partial charge in [-0.15, -0.1) is 0 Å². The number of carbonyl (C=O) groups is 2. The van der Waals surface area contributed by atoms with E-state index in [0.717, 1.165) is 23.3 Å². The zero-order valence-electron chi connectivity index (χ0n) is 24.7. The van der Waals surface area contributed by atoms with Crippen LogP contribution in [0.3, 0.4) is 0 Å². The zero-order chi connectivity index (χ0) is 32.4. The molecule has 5 rings (SSSR count). The molecular weight excluding hydrogens is 609 g/mol. The van der Waals surface area contributed by atoms with E-state index >= 15 is 0 Å². The largest absolute Gasteiger partial charge is 0.484 e. The summed E-state index contributed by atoms with van der Waals surface area (Å²) in [5.74, 6) is -0.437. The third-order valence-corrected chi connectivity index (χ3v) is 8.47. The third-order valence-electron chi connectivity index (χ3n) is 7.08. The number of sulfonamides is 1. The fourth-order valence-corrected chi connectivity index (χ4v) is 5.77. The number of nitrogens with zero attached hydrogens (tertiary/aromatic N) is 1. The lowest BCUT2D eigenvalue weighted by atomic mass is 10.0. The molecule has 11 heteroatoms. The van der Waals surface area contributed by atoms with Crippen molar-refractivity contribution >= 4 is 27.5 Å². The third kappa shape index (κ3) is 8.82. The van der Waals surface area contributed by atoms with Crippen molar-refractivity contribution < 1.29 is 31.6 Å². The van der Waals surface area contributed by atoms with Gasteiger partial charge in [0, 0.05) is 18.7 Å². The van der Waals surface area contributed by atoms with Gasteiger partial charge < -0.3 is 19.4 Å². The van der Waals surface area contributed by atoms with Crippen molar-refractivity contribution in [3.63, 3.8) is 0 Å². The highest BCUT2D eigenvalue weighted by molar-refractivity contribution is 7.92. The van der Waals surface area contributed by atoms with Crippen molar-refractivity contribution in [2.24, 2.45) is 0 Å². The molecule has 46 heavy (non-hydrogen) atoms.